The number of anilines is 1. The highest BCUT2D eigenvalue weighted by atomic mass is 79.9. The van der Waals surface area contributed by atoms with E-state index in [9.17, 15) is 9.18 Å². The molecule has 3 nitrogen and oxygen atoms in total. The number of nitrogen functional groups attached to an aromatic ring is 1. The van der Waals surface area contributed by atoms with Crippen molar-refractivity contribution >= 4 is 27.6 Å². The zero-order valence-corrected chi connectivity index (χ0v) is 13.1. The molecule has 2 aromatic carbocycles. The van der Waals surface area contributed by atoms with E-state index in [1.54, 1.807) is 31.2 Å². The van der Waals surface area contributed by atoms with Gasteiger partial charge < -0.3 is 10.5 Å². The van der Waals surface area contributed by atoms with Gasteiger partial charge in [0.25, 0.3) is 0 Å². The molecule has 0 amide bonds. The van der Waals surface area contributed by atoms with E-state index in [-0.39, 0.29) is 18.4 Å². The number of esters is 1. The summed E-state index contributed by atoms with van der Waals surface area (Å²) in [6.07, 6.45) is 0. The van der Waals surface area contributed by atoms with Gasteiger partial charge in [-0.15, -0.1) is 0 Å². The Kier molecular flexibility index (Phi) is 4.96. The molecular weight excluding hydrogens is 337 g/mol. The van der Waals surface area contributed by atoms with Gasteiger partial charge in [-0.05, 0) is 42.8 Å². The summed E-state index contributed by atoms with van der Waals surface area (Å²) in [7, 11) is 0. The quantitative estimate of drug-likeness (QED) is 0.668. The standard InChI is InChI=1S/C16H15BrFNO2/c1-10(11-3-2-4-14(19)8-11)16(20)21-9-12-7-13(18)5-6-15(12)17/h2-8,10H,9,19H2,1H3. The van der Waals surface area contributed by atoms with Gasteiger partial charge in [0.2, 0.25) is 0 Å². The average Bonchev–Trinajstić information content (AvgIpc) is 2.47. The van der Waals surface area contributed by atoms with Crippen molar-refractivity contribution in [1.82, 2.24) is 0 Å². The summed E-state index contributed by atoms with van der Waals surface area (Å²) < 4.78 is 19.1. The lowest BCUT2D eigenvalue weighted by molar-refractivity contribution is -0.146. The van der Waals surface area contributed by atoms with Crippen LogP contribution in [0.3, 0.4) is 0 Å². The van der Waals surface area contributed by atoms with Gasteiger partial charge in [-0.3, -0.25) is 4.79 Å². The molecule has 0 aliphatic heterocycles. The van der Waals surface area contributed by atoms with Gasteiger partial charge in [0.15, 0.2) is 0 Å². The lowest BCUT2D eigenvalue weighted by atomic mass is 10.0. The van der Waals surface area contributed by atoms with Gasteiger partial charge in [-0.25, -0.2) is 4.39 Å². The Hall–Kier alpha value is -1.88. The maximum atomic E-state index is 13.2. The van der Waals surface area contributed by atoms with E-state index in [0.29, 0.717) is 15.7 Å². The van der Waals surface area contributed by atoms with Crippen molar-refractivity contribution in [2.75, 3.05) is 5.73 Å². The molecule has 110 valence electrons. The Balaban J connectivity index is 2.03. The van der Waals surface area contributed by atoms with Crippen LogP contribution in [-0.2, 0) is 16.1 Å². The van der Waals surface area contributed by atoms with Crippen LogP contribution in [0.25, 0.3) is 0 Å². The third kappa shape index (κ3) is 4.04. The van der Waals surface area contributed by atoms with Crippen LogP contribution in [0.5, 0.6) is 0 Å². The van der Waals surface area contributed by atoms with Gasteiger partial charge in [0, 0.05) is 15.7 Å². The number of hydrogen-bond acceptors (Lipinski definition) is 3. The number of carbonyl (C=O) groups excluding carboxylic acids is 1. The van der Waals surface area contributed by atoms with Crippen LogP contribution in [0, 0.1) is 5.82 Å². The first kappa shape index (κ1) is 15.5. The first-order valence-corrected chi connectivity index (χ1v) is 7.22. The largest absolute Gasteiger partial charge is 0.460 e. The van der Waals surface area contributed by atoms with Crippen LogP contribution < -0.4 is 5.73 Å². The van der Waals surface area contributed by atoms with E-state index in [4.69, 9.17) is 10.5 Å². The van der Waals surface area contributed by atoms with Gasteiger partial charge in [-0.2, -0.15) is 0 Å². The Morgan fingerprint density at radius 3 is 2.81 bits per heavy atom. The first-order valence-electron chi connectivity index (χ1n) is 6.43. The molecule has 5 heteroatoms. The Morgan fingerprint density at radius 2 is 2.10 bits per heavy atom. The van der Waals surface area contributed by atoms with Crippen molar-refractivity contribution in [2.24, 2.45) is 0 Å². The van der Waals surface area contributed by atoms with E-state index in [1.165, 1.54) is 12.1 Å². The number of ether oxygens (including phenoxy) is 1. The van der Waals surface area contributed by atoms with Crippen molar-refractivity contribution in [3.63, 3.8) is 0 Å². The minimum Gasteiger partial charge on any atom is -0.460 e. The number of rotatable bonds is 4. The highest BCUT2D eigenvalue weighted by Gasteiger charge is 2.17. The maximum Gasteiger partial charge on any atom is 0.313 e. The normalized spacial score (nSPS) is 12.0. The molecule has 0 saturated carbocycles. The number of carbonyl (C=O) groups is 1. The van der Waals surface area contributed by atoms with Gasteiger partial charge >= 0.3 is 5.97 Å². The van der Waals surface area contributed by atoms with E-state index < -0.39 is 5.92 Å². The molecule has 0 aromatic heterocycles. The van der Waals surface area contributed by atoms with E-state index in [0.717, 1.165) is 5.56 Å². The number of halogens is 2. The second kappa shape index (κ2) is 6.72. The number of benzene rings is 2. The molecule has 2 rings (SSSR count). The summed E-state index contributed by atoms with van der Waals surface area (Å²) in [5, 5.41) is 0. The molecule has 0 aliphatic rings. The molecule has 0 spiro atoms. The molecule has 0 fully saturated rings. The van der Waals surface area contributed by atoms with Crippen molar-refractivity contribution in [3.05, 3.63) is 63.9 Å². The van der Waals surface area contributed by atoms with Gasteiger partial charge in [0.05, 0.1) is 5.92 Å². The van der Waals surface area contributed by atoms with Crippen molar-refractivity contribution in [2.45, 2.75) is 19.4 Å². The molecular formula is C16H15BrFNO2. The summed E-state index contributed by atoms with van der Waals surface area (Å²) in [4.78, 5) is 12.1. The fourth-order valence-corrected chi connectivity index (χ4v) is 2.25. The van der Waals surface area contributed by atoms with E-state index in [1.807, 2.05) is 6.07 Å². The highest BCUT2D eigenvalue weighted by Crippen LogP contribution is 2.22. The van der Waals surface area contributed by atoms with E-state index in [2.05, 4.69) is 15.9 Å². The molecule has 2 aromatic rings. The molecule has 0 aliphatic carbocycles. The predicted octanol–water partition coefficient (Wildman–Crippen LogP) is 4.02. The lowest BCUT2D eigenvalue weighted by Gasteiger charge is -2.13. The SMILES string of the molecule is CC(C(=O)OCc1cc(F)ccc1Br)c1cccc(N)c1. The van der Waals surface area contributed by atoms with Crippen LogP contribution in [0.1, 0.15) is 24.0 Å². The predicted molar refractivity (Wildman–Crippen MR) is 83.2 cm³/mol. The minimum absolute atomic E-state index is 0.0177. The van der Waals surface area contributed by atoms with Crippen molar-refractivity contribution in [1.29, 1.82) is 0 Å². The van der Waals surface area contributed by atoms with Crippen LogP contribution >= 0.6 is 15.9 Å². The molecule has 0 saturated heterocycles. The maximum absolute atomic E-state index is 13.2. The zero-order chi connectivity index (χ0) is 15.4. The van der Waals surface area contributed by atoms with Crippen LogP contribution in [0.4, 0.5) is 10.1 Å². The smallest absolute Gasteiger partial charge is 0.313 e. The Labute approximate surface area is 131 Å². The number of hydrogen-bond donors (Lipinski definition) is 1. The number of nitrogens with two attached hydrogens (primary N) is 1. The third-order valence-electron chi connectivity index (χ3n) is 3.14. The topological polar surface area (TPSA) is 52.3 Å². The summed E-state index contributed by atoms with van der Waals surface area (Å²) in [6, 6.07) is 11.4. The van der Waals surface area contributed by atoms with Gasteiger partial charge in [-0.1, -0.05) is 28.1 Å². The average molecular weight is 352 g/mol. The molecule has 1 unspecified atom stereocenters. The highest BCUT2D eigenvalue weighted by molar-refractivity contribution is 9.10. The molecule has 0 radical (unpaired) electrons. The second-order valence-electron chi connectivity index (χ2n) is 4.74. The second-order valence-corrected chi connectivity index (χ2v) is 5.59. The molecule has 1 atom stereocenters. The van der Waals surface area contributed by atoms with Crippen LogP contribution in [0.15, 0.2) is 46.9 Å². The minimum atomic E-state index is -0.430. The fraction of sp³-hybridized carbons (Fsp3) is 0.188. The summed E-state index contributed by atoms with van der Waals surface area (Å²) >= 11 is 3.30. The van der Waals surface area contributed by atoms with Crippen molar-refractivity contribution < 1.29 is 13.9 Å². The monoisotopic (exact) mass is 351 g/mol. The summed E-state index contributed by atoms with van der Waals surface area (Å²) in [6.45, 7) is 1.77. The zero-order valence-electron chi connectivity index (χ0n) is 11.5. The third-order valence-corrected chi connectivity index (χ3v) is 3.92. The fourth-order valence-electron chi connectivity index (χ4n) is 1.89. The van der Waals surface area contributed by atoms with Crippen molar-refractivity contribution in [3.8, 4) is 0 Å². The van der Waals surface area contributed by atoms with Crippen LogP contribution in [-0.4, -0.2) is 5.97 Å². The van der Waals surface area contributed by atoms with E-state index >= 15 is 0 Å². The Morgan fingerprint density at radius 1 is 1.33 bits per heavy atom. The molecule has 21 heavy (non-hydrogen) atoms. The lowest BCUT2D eigenvalue weighted by Crippen LogP contribution is -2.13. The van der Waals surface area contributed by atoms with Crippen LogP contribution in [0.2, 0.25) is 0 Å². The Bertz CT molecular complexity index is 660. The van der Waals surface area contributed by atoms with Gasteiger partial charge in [0.1, 0.15) is 12.4 Å². The molecule has 0 bridgehead atoms. The molecule has 2 N–H and O–H groups in total. The summed E-state index contributed by atoms with van der Waals surface area (Å²) in [5.41, 5.74) is 7.67. The molecule has 0 heterocycles. The summed E-state index contributed by atoms with van der Waals surface area (Å²) in [5.74, 6) is -1.18. The first-order chi connectivity index (χ1) is 9.97.